The van der Waals surface area contributed by atoms with Gasteiger partial charge in [-0.2, -0.15) is 0 Å². The Hall–Kier alpha value is -1.50. The van der Waals surface area contributed by atoms with Gasteiger partial charge in [0.05, 0.1) is 64.1 Å². The fourth-order valence-corrected chi connectivity index (χ4v) is 24.3. The second-order valence-electron chi connectivity index (χ2n) is 23.2. The van der Waals surface area contributed by atoms with Gasteiger partial charge in [-0.1, -0.05) is 167 Å². The van der Waals surface area contributed by atoms with E-state index >= 15 is 0 Å². The van der Waals surface area contributed by atoms with Crippen molar-refractivity contribution in [2.24, 2.45) is 35.5 Å². The number of rotatable bonds is 44. The van der Waals surface area contributed by atoms with E-state index < -0.39 is 33.3 Å². The van der Waals surface area contributed by atoms with Crippen LogP contribution >= 0.6 is 0 Å². The number of carbonyl (C=O) groups excluding carboxylic acids is 1. The Morgan fingerprint density at radius 2 is 0.776 bits per heavy atom. The smallest absolute Gasteiger partial charge is 0.192 e. The predicted molar refractivity (Wildman–Crippen MR) is 332 cm³/mol. The van der Waals surface area contributed by atoms with Crippen LogP contribution in [0.2, 0.25) is 72.5 Å². The van der Waals surface area contributed by atoms with Crippen molar-refractivity contribution in [2.75, 3.05) is 27.4 Å². The summed E-state index contributed by atoms with van der Waals surface area (Å²) in [5, 5.41) is 0. The van der Waals surface area contributed by atoms with E-state index in [-0.39, 0.29) is 71.8 Å². The minimum absolute atomic E-state index is 0.0452. The molecule has 0 radical (unpaired) electrons. The van der Waals surface area contributed by atoms with Crippen molar-refractivity contribution in [3.05, 3.63) is 65.7 Å². The number of ketones is 1. The Bertz CT molecular complexity index is 1770. The molecule has 0 saturated heterocycles. The standard InChI is InChI=1S/C63H118O9Si4/c1-21-73(22-2,23-3)69-60(53(17)61(70-74(24-4,25-5)26-6)50(14)45-68-48-56-39-42-58(65-19)43-40-56)49(13)38-41-57(64)44-59(66-20)52(16)63(72-76(30-10,31-11)32-12)54(18)62(71-75(27-7,28-8)29-9)51(15)46-67-47-55-36-34-33-35-37-55/h33-37,39-40,42-43,49-54,59-63H,21-32,38,41,44-48H2,1-20H3/t49-,50-,51-,52+,53+,54+,59+,60-,61-,62-,63-/m0/s1. The van der Waals surface area contributed by atoms with Crippen LogP contribution in [0.15, 0.2) is 54.6 Å². The summed E-state index contributed by atoms with van der Waals surface area (Å²) in [6.07, 6.45) is 0.935. The number of carbonyl (C=O) groups is 1. The van der Waals surface area contributed by atoms with Crippen LogP contribution in [0.1, 0.15) is 155 Å². The van der Waals surface area contributed by atoms with E-state index in [0.717, 1.165) is 90.3 Å². The Morgan fingerprint density at radius 1 is 0.434 bits per heavy atom. The molecule has 0 heterocycles. The molecule has 0 fully saturated rings. The maximum Gasteiger partial charge on any atom is 0.192 e. The summed E-state index contributed by atoms with van der Waals surface area (Å²) >= 11 is 0. The van der Waals surface area contributed by atoms with Crippen LogP contribution in [0.3, 0.4) is 0 Å². The fourth-order valence-electron chi connectivity index (χ4n) is 12.2. The molecular weight excluding hydrogens is 1010 g/mol. The summed E-state index contributed by atoms with van der Waals surface area (Å²) in [5.74, 6) is 1.60. The van der Waals surface area contributed by atoms with Crippen LogP contribution in [0.5, 0.6) is 5.75 Å². The van der Waals surface area contributed by atoms with Crippen LogP contribution in [-0.4, -0.2) is 97.0 Å². The van der Waals surface area contributed by atoms with Crippen molar-refractivity contribution < 1.29 is 41.4 Å². The minimum Gasteiger partial charge on any atom is -0.497 e. The van der Waals surface area contributed by atoms with Crippen LogP contribution in [0.4, 0.5) is 0 Å². The highest BCUT2D eigenvalue weighted by Crippen LogP contribution is 2.40. The second-order valence-corrected chi connectivity index (χ2v) is 42.1. The van der Waals surface area contributed by atoms with Crippen LogP contribution in [0, 0.1) is 35.5 Å². The van der Waals surface area contributed by atoms with Crippen molar-refractivity contribution in [3.63, 3.8) is 0 Å². The molecule has 0 spiro atoms. The fraction of sp³-hybridized carbons (Fsp3) is 0.794. The van der Waals surface area contributed by atoms with Crippen molar-refractivity contribution in [3.8, 4) is 5.75 Å². The van der Waals surface area contributed by atoms with Gasteiger partial charge >= 0.3 is 0 Å². The summed E-state index contributed by atoms with van der Waals surface area (Å²) in [7, 11) is -4.83. The molecule has 0 aliphatic heterocycles. The third-order valence-electron chi connectivity index (χ3n) is 19.0. The highest BCUT2D eigenvalue weighted by atomic mass is 28.4. The third kappa shape index (κ3) is 20.8. The average Bonchev–Trinajstić information content (AvgIpc) is 3.46. The number of ether oxygens (including phenoxy) is 4. The Balaban J connectivity index is 2.55. The molecule has 0 aromatic heterocycles. The Kier molecular flexibility index (Phi) is 33.5. The molecule has 0 aliphatic rings. The van der Waals surface area contributed by atoms with Gasteiger partial charge in [-0.15, -0.1) is 0 Å². The number of Topliss-reactive ketones (excluding diaryl/α,β-unsaturated/α-hetero) is 1. The lowest BCUT2D eigenvalue weighted by atomic mass is 9.80. The van der Waals surface area contributed by atoms with E-state index in [2.05, 4.69) is 167 Å². The third-order valence-corrected chi connectivity index (χ3v) is 37.6. The molecular formula is C63H118O9Si4. The first-order valence-electron chi connectivity index (χ1n) is 30.8. The van der Waals surface area contributed by atoms with Gasteiger partial charge in [-0.05, 0) is 108 Å². The van der Waals surface area contributed by atoms with Crippen LogP contribution < -0.4 is 4.74 Å². The first kappa shape index (κ1) is 70.6. The highest BCUT2D eigenvalue weighted by molar-refractivity contribution is 6.74. The number of benzene rings is 2. The Morgan fingerprint density at radius 3 is 1.13 bits per heavy atom. The normalized spacial score (nSPS) is 17.3. The lowest BCUT2D eigenvalue weighted by molar-refractivity contribution is -0.124. The van der Waals surface area contributed by atoms with Gasteiger partial charge in [0.25, 0.3) is 0 Å². The van der Waals surface area contributed by atoms with Gasteiger partial charge in [0.15, 0.2) is 33.3 Å². The van der Waals surface area contributed by atoms with Crippen LogP contribution in [0.25, 0.3) is 0 Å². The van der Waals surface area contributed by atoms with Crippen molar-refractivity contribution in [1.82, 2.24) is 0 Å². The van der Waals surface area contributed by atoms with Gasteiger partial charge in [0, 0.05) is 49.5 Å². The molecule has 0 saturated carbocycles. The van der Waals surface area contributed by atoms with E-state index in [9.17, 15) is 4.79 Å². The number of hydrogen-bond acceptors (Lipinski definition) is 9. The molecule has 0 N–H and O–H groups in total. The maximum absolute atomic E-state index is 14.7. The highest BCUT2D eigenvalue weighted by Gasteiger charge is 2.46. The summed E-state index contributed by atoms with van der Waals surface area (Å²) in [5.41, 5.74) is 2.30. The SMILES string of the molecule is CC[Si](CC)(CC)O[C@H]([C@H](C)[C@@H](O[Si](CC)(CC)CC)[C@@H](C)COCc1ccccc1)[C@H](C)[C@@H](CC(=O)CC[C@H](C)[C@H](O[Si](CC)(CC)CC)[C@@H](C)[C@@H](O[Si](CC)(CC)CC)[C@@H](C)COCc1ccc(OC)cc1)OC. The van der Waals surface area contributed by atoms with Gasteiger partial charge < -0.3 is 36.7 Å². The van der Waals surface area contributed by atoms with Crippen LogP contribution in [-0.2, 0) is 49.9 Å². The van der Waals surface area contributed by atoms with E-state index in [4.69, 9.17) is 36.7 Å². The zero-order valence-corrected chi connectivity index (χ0v) is 56.7. The van der Waals surface area contributed by atoms with Crippen molar-refractivity contribution in [2.45, 2.75) is 260 Å². The first-order valence-corrected chi connectivity index (χ1v) is 41.0. The van der Waals surface area contributed by atoms with E-state index in [1.165, 1.54) is 5.56 Å². The monoisotopic (exact) mass is 1130 g/mol. The maximum atomic E-state index is 14.7. The molecule has 13 heteroatoms. The molecule has 440 valence electrons. The summed E-state index contributed by atoms with van der Waals surface area (Å²) < 4.78 is 55.4. The van der Waals surface area contributed by atoms with Crippen molar-refractivity contribution in [1.29, 1.82) is 0 Å². The predicted octanol–water partition coefficient (Wildman–Crippen LogP) is 17.6. The molecule has 9 nitrogen and oxygen atoms in total. The quantitative estimate of drug-likeness (QED) is 0.0602. The average molecular weight is 1130 g/mol. The molecule has 2 aromatic carbocycles. The van der Waals surface area contributed by atoms with Crippen molar-refractivity contribution >= 4 is 39.1 Å². The van der Waals surface area contributed by atoms with E-state index in [0.29, 0.717) is 39.3 Å². The number of methoxy groups -OCH3 is 2. The molecule has 0 unspecified atom stereocenters. The molecule has 0 bridgehead atoms. The first-order chi connectivity index (χ1) is 36.3. The summed E-state index contributed by atoms with van der Waals surface area (Å²) in [4.78, 5) is 14.7. The minimum atomic E-state index is -2.13. The van der Waals surface area contributed by atoms with Gasteiger partial charge in [0.2, 0.25) is 0 Å². The van der Waals surface area contributed by atoms with E-state index in [1.54, 1.807) is 14.2 Å². The zero-order chi connectivity index (χ0) is 57.1. The molecule has 2 aromatic rings. The Labute approximate surface area is 472 Å². The van der Waals surface area contributed by atoms with E-state index in [1.807, 2.05) is 12.1 Å². The zero-order valence-electron chi connectivity index (χ0n) is 52.7. The number of hydrogen-bond donors (Lipinski definition) is 0. The molecule has 11 atom stereocenters. The topological polar surface area (TPSA) is 90.9 Å². The van der Waals surface area contributed by atoms with Gasteiger partial charge in [0.1, 0.15) is 11.5 Å². The second kappa shape index (κ2) is 36.1. The molecule has 0 amide bonds. The largest absolute Gasteiger partial charge is 0.497 e. The summed E-state index contributed by atoms with van der Waals surface area (Å²) in [6, 6.07) is 31.4. The molecule has 2 rings (SSSR count). The lowest BCUT2D eigenvalue weighted by Crippen LogP contribution is -2.53. The molecule has 0 aliphatic carbocycles. The van der Waals surface area contributed by atoms with Gasteiger partial charge in [-0.25, -0.2) is 0 Å². The summed E-state index contributed by atoms with van der Waals surface area (Å²) in [6.45, 7) is 44.1. The lowest BCUT2D eigenvalue weighted by Gasteiger charge is -2.46. The molecule has 76 heavy (non-hydrogen) atoms. The van der Waals surface area contributed by atoms with Gasteiger partial charge in [-0.3, -0.25) is 4.79 Å².